The Labute approximate surface area is 69.7 Å². The number of H-pyrrole nitrogens is 1. The second-order valence-electron chi connectivity index (χ2n) is 2.55. The van der Waals surface area contributed by atoms with Gasteiger partial charge in [0, 0.05) is 6.20 Å². The molecule has 0 bridgehead atoms. The summed E-state index contributed by atoms with van der Waals surface area (Å²) >= 11 is 0. The molecule has 0 radical (unpaired) electrons. The molecular weight excluding hydrogens is 152 g/mol. The van der Waals surface area contributed by atoms with Crippen LogP contribution in [0.3, 0.4) is 0 Å². The standard InChI is InChI=1S/C8H8N4/c1-6-2-3-9-7(4-6)8-10-5-11-12-8/h2-5H,1H3,(H,10,11,12). The van der Waals surface area contributed by atoms with Crippen LogP contribution in [0.4, 0.5) is 0 Å². The highest BCUT2D eigenvalue weighted by molar-refractivity contribution is 5.48. The topological polar surface area (TPSA) is 54.5 Å². The lowest BCUT2D eigenvalue weighted by Gasteiger charge is -1.95. The van der Waals surface area contributed by atoms with E-state index in [9.17, 15) is 0 Å². The number of aromatic nitrogens is 4. The minimum absolute atomic E-state index is 0.707. The first-order chi connectivity index (χ1) is 5.86. The third kappa shape index (κ3) is 1.18. The number of hydrogen-bond donors (Lipinski definition) is 1. The molecule has 1 N–H and O–H groups in total. The Morgan fingerprint density at radius 3 is 2.92 bits per heavy atom. The van der Waals surface area contributed by atoms with Gasteiger partial charge in [0.25, 0.3) is 0 Å². The van der Waals surface area contributed by atoms with Crippen molar-refractivity contribution in [1.29, 1.82) is 0 Å². The van der Waals surface area contributed by atoms with Gasteiger partial charge in [0.2, 0.25) is 0 Å². The van der Waals surface area contributed by atoms with E-state index in [1.165, 1.54) is 6.33 Å². The minimum atomic E-state index is 0.707. The maximum absolute atomic E-state index is 4.15. The van der Waals surface area contributed by atoms with Gasteiger partial charge in [-0.3, -0.25) is 10.1 Å². The third-order valence-electron chi connectivity index (χ3n) is 1.57. The second-order valence-corrected chi connectivity index (χ2v) is 2.55. The molecule has 60 valence electrons. The zero-order valence-electron chi connectivity index (χ0n) is 6.65. The number of aromatic amines is 1. The number of pyridine rings is 1. The summed E-state index contributed by atoms with van der Waals surface area (Å²) in [5.41, 5.74) is 1.99. The quantitative estimate of drug-likeness (QED) is 0.681. The Hall–Kier alpha value is -1.71. The van der Waals surface area contributed by atoms with Gasteiger partial charge in [-0.15, -0.1) is 0 Å². The van der Waals surface area contributed by atoms with E-state index >= 15 is 0 Å². The van der Waals surface area contributed by atoms with Gasteiger partial charge in [-0.1, -0.05) is 0 Å². The maximum Gasteiger partial charge on any atom is 0.174 e. The van der Waals surface area contributed by atoms with Gasteiger partial charge in [0.15, 0.2) is 5.82 Å². The van der Waals surface area contributed by atoms with Crippen LogP contribution in [0.1, 0.15) is 5.56 Å². The molecule has 2 aromatic rings. The molecule has 0 unspecified atom stereocenters. The van der Waals surface area contributed by atoms with E-state index < -0.39 is 0 Å². The van der Waals surface area contributed by atoms with Crippen molar-refractivity contribution in [2.24, 2.45) is 0 Å². The average molecular weight is 160 g/mol. The number of hydrogen-bond acceptors (Lipinski definition) is 3. The van der Waals surface area contributed by atoms with Gasteiger partial charge >= 0.3 is 0 Å². The lowest BCUT2D eigenvalue weighted by molar-refractivity contribution is 1.08. The summed E-state index contributed by atoms with van der Waals surface area (Å²) in [7, 11) is 0. The van der Waals surface area contributed by atoms with Crippen molar-refractivity contribution in [3.05, 3.63) is 30.2 Å². The lowest BCUT2D eigenvalue weighted by atomic mass is 10.2. The SMILES string of the molecule is Cc1ccnc(-c2ncn[nH]2)c1. The van der Waals surface area contributed by atoms with E-state index in [0.29, 0.717) is 5.82 Å². The first-order valence-corrected chi connectivity index (χ1v) is 3.64. The van der Waals surface area contributed by atoms with Gasteiger partial charge in [0.1, 0.15) is 12.0 Å². The highest BCUT2D eigenvalue weighted by Crippen LogP contribution is 2.10. The highest BCUT2D eigenvalue weighted by atomic mass is 15.2. The van der Waals surface area contributed by atoms with Crippen molar-refractivity contribution in [2.75, 3.05) is 0 Å². The first-order valence-electron chi connectivity index (χ1n) is 3.64. The fraction of sp³-hybridized carbons (Fsp3) is 0.125. The molecule has 0 atom stereocenters. The highest BCUT2D eigenvalue weighted by Gasteiger charge is 2.00. The van der Waals surface area contributed by atoms with Gasteiger partial charge in [-0.05, 0) is 24.6 Å². The van der Waals surface area contributed by atoms with Crippen LogP contribution in [-0.2, 0) is 0 Å². The smallest absolute Gasteiger partial charge is 0.174 e. The predicted octanol–water partition coefficient (Wildman–Crippen LogP) is 1.18. The van der Waals surface area contributed by atoms with Gasteiger partial charge in [-0.25, -0.2) is 4.98 Å². The number of nitrogens with zero attached hydrogens (tertiary/aromatic N) is 3. The van der Waals surface area contributed by atoms with E-state index in [2.05, 4.69) is 20.2 Å². The van der Waals surface area contributed by atoms with E-state index in [1.807, 2.05) is 19.1 Å². The van der Waals surface area contributed by atoms with Crippen molar-refractivity contribution in [1.82, 2.24) is 20.2 Å². The molecule has 0 aromatic carbocycles. The summed E-state index contributed by atoms with van der Waals surface area (Å²) in [6.07, 6.45) is 3.23. The predicted molar refractivity (Wildman–Crippen MR) is 44.4 cm³/mol. The van der Waals surface area contributed by atoms with Crippen molar-refractivity contribution in [2.45, 2.75) is 6.92 Å². The third-order valence-corrected chi connectivity index (χ3v) is 1.57. The number of rotatable bonds is 1. The normalized spacial score (nSPS) is 10.1. The molecule has 0 amide bonds. The molecule has 2 aromatic heterocycles. The second kappa shape index (κ2) is 2.73. The van der Waals surface area contributed by atoms with Gasteiger partial charge in [-0.2, -0.15) is 5.10 Å². The fourth-order valence-electron chi connectivity index (χ4n) is 0.995. The Bertz CT molecular complexity index is 366. The number of aryl methyl sites for hydroxylation is 1. The molecule has 0 aliphatic rings. The van der Waals surface area contributed by atoms with Crippen LogP contribution < -0.4 is 0 Å². The van der Waals surface area contributed by atoms with E-state index in [1.54, 1.807) is 6.20 Å². The molecule has 0 aliphatic carbocycles. The molecule has 12 heavy (non-hydrogen) atoms. The van der Waals surface area contributed by atoms with Crippen LogP contribution in [0.2, 0.25) is 0 Å². The summed E-state index contributed by atoms with van der Waals surface area (Å²) in [5.74, 6) is 0.707. The molecule has 2 heterocycles. The molecule has 0 spiro atoms. The average Bonchev–Trinajstić information content (AvgIpc) is 2.56. The number of nitrogens with one attached hydrogen (secondary N) is 1. The van der Waals surface area contributed by atoms with E-state index in [-0.39, 0.29) is 0 Å². The summed E-state index contributed by atoms with van der Waals surface area (Å²) in [4.78, 5) is 8.15. The Morgan fingerprint density at radius 1 is 1.33 bits per heavy atom. The molecule has 4 heteroatoms. The largest absolute Gasteiger partial charge is 0.258 e. The van der Waals surface area contributed by atoms with Crippen LogP contribution in [0, 0.1) is 6.92 Å². The fourth-order valence-corrected chi connectivity index (χ4v) is 0.995. The summed E-state index contributed by atoms with van der Waals surface area (Å²) in [6.45, 7) is 2.02. The molecule has 4 nitrogen and oxygen atoms in total. The van der Waals surface area contributed by atoms with Crippen molar-refractivity contribution in [3.63, 3.8) is 0 Å². The molecule has 2 rings (SSSR count). The van der Waals surface area contributed by atoms with Crippen LogP contribution in [0.25, 0.3) is 11.5 Å². The first kappa shape index (κ1) is 6.97. The van der Waals surface area contributed by atoms with Crippen molar-refractivity contribution >= 4 is 0 Å². The Kier molecular flexibility index (Phi) is 1.59. The molecule has 0 saturated carbocycles. The van der Waals surface area contributed by atoms with Gasteiger partial charge < -0.3 is 0 Å². The van der Waals surface area contributed by atoms with Crippen LogP contribution >= 0.6 is 0 Å². The Balaban J connectivity index is 2.48. The lowest BCUT2D eigenvalue weighted by Crippen LogP contribution is -1.85. The van der Waals surface area contributed by atoms with Crippen LogP contribution in [0.15, 0.2) is 24.7 Å². The maximum atomic E-state index is 4.15. The summed E-state index contributed by atoms with van der Waals surface area (Å²) in [5, 5.41) is 6.51. The molecule has 0 aliphatic heterocycles. The van der Waals surface area contributed by atoms with E-state index in [0.717, 1.165) is 11.3 Å². The van der Waals surface area contributed by atoms with Crippen molar-refractivity contribution < 1.29 is 0 Å². The zero-order valence-corrected chi connectivity index (χ0v) is 6.65. The van der Waals surface area contributed by atoms with Crippen molar-refractivity contribution in [3.8, 4) is 11.5 Å². The monoisotopic (exact) mass is 160 g/mol. The summed E-state index contributed by atoms with van der Waals surface area (Å²) in [6, 6.07) is 3.90. The zero-order chi connectivity index (χ0) is 8.39. The minimum Gasteiger partial charge on any atom is -0.258 e. The van der Waals surface area contributed by atoms with Crippen LogP contribution in [-0.4, -0.2) is 20.2 Å². The van der Waals surface area contributed by atoms with Crippen LogP contribution in [0.5, 0.6) is 0 Å². The molecule has 0 fully saturated rings. The van der Waals surface area contributed by atoms with E-state index in [4.69, 9.17) is 0 Å². The Morgan fingerprint density at radius 2 is 2.25 bits per heavy atom. The molecular formula is C8H8N4. The summed E-state index contributed by atoms with van der Waals surface area (Å²) < 4.78 is 0. The molecule has 0 saturated heterocycles. The van der Waals surface area contributed by atoms with Gasteiger partial charge in [0.05, 0.1) is 0 Å².